The van der Waals surface area contributed by atoms with Crippen molar-refractivity contribution in [3.63, 3.8) is 0 Å². The number of thioether (sulfide) groups is 1. The molecule has 0 radical (unpaired) electrons. The second-order valence-electron chi connectivity index (χ2n) is 6.63. The van der Waals surface area contributed by atoms with Gasteiger partial charge in [0.15, 0.2) is 5.16 Å². The Labute approximate surface area is 175 Å². The van der Waals surface area contributed by atoms with E-state index in [2.05, 4.69) is 39.1 Å². The van der Waals surface area contributed by atoms with Gasteiger partial charge >= 0.3 is 0 Å². The Balaban J connectivity index is 1.55. The van der Waals surface area contributed by atoms with Crippen LogP contribution in [0, 0.1) is 0 Å². The maximum absolute atomic E-state index is 12.3. The van der Waals surface area contributed by atoms with Crippen molar-refractivity contribution in [3.05, 3.63) is 71.5 Å². The zero-order chi connectivity index (χ0) is 20.5. The van der Waals surface area contributed by atoms with Gasteiger partial charge in [0.2, 0.25) is 5.91 Å². The summed E-state index contributed by atoms with van der Waals surface area (Å²) in [5.74, 6) is 2.02. The van der Waals surface area contributed by atoms with Crippen molar-refractivity contribution in [3.8, 4) is 5.75 Å². The summed E-state index contributed by atoms with van der Waals surface area (Å²) in [4.78, 5) is 12.3. The Kier molecular flexibility index (Phi) is 7.69. The van der Waals surface area contributed by atoms with Crippen LogP contribution in [-0.4, -0.2) is 33.5 Å². The quantitative estimate of drug-likeness (QED) is 0.516. The average Bonchev–Trinajstić information content (AvgIpc) is 3.13. The molecule has 0 aliphatic heterocycles. The number of nitrogens with zero attached hydrogens (tertiary/aromatic N) is 3. The van der Waals surface area contributed by atoms with Gasteiger partial charge in [0.05, 0.1) is 12.9 Å². The molecule has 3 rings (SSSR count). The van der Waals surface area contributed by atoms with Crippen LogP contribution in [0.4, 0.5) is 0 Å². The minimum atomic E-state index is -0.0264. The highest BCUT2D eigenvalue weighted by molar-refractivity contribution is 7.99. The molecule has 29 heavy (non-hydrogen) atoms. The van der Waals surface area contributed by atoms with Crippen molar-refractivity contribution in [2.24, 2.45) is 0 Å². The molecule has 0 saturated carbocycles. The van der Waals surface area contributed by atoms with E-state index in [9.17, 15) is 4.79 Å². The number of hydrogen-bond donors (Lipinski definition) is 1. The van der Waals surface area contributed by atoms with Gasteiger partial charge in [0.25, 0.3) is 0 Å². The van der Waals surface area contributed by atoms with Crippen LogP contribution in [-0.2, 0) is 24.3 Å². The van der Waals surface area contributed by atoms with E-state index < -0.39 is 0 Å². The molecule has 152 valence electrons. The van der Waals surface area contributed by atoms with Gasteiger partial charge in [0, 0.05) is 19.5 Å². The topological polar surface area (TPSA) is 69.0 Å². The highest BCUT2D eigenvalue weighted by Gasteiger charge is 2.14. The number of aromatic nitrogens is 3. The molecule has 2 aromatic carbocycles. The summed E-state index contributed by atoms with van der Waals surface area (Å²) >= 11 is 1.43. The number of carbonyl (C=O) groups excluding carboxylic acids is 1. The van der Waals surface area contributed by atoms with Crippen LogP contribution in [0.2, 0.25) is 0 Å². The van der Waals surface area contributed by atoms with Crippen molar-refractivity contribution in [2.45, 2.75) is 38.0 Å². The monoisotopic (exact) mass is 410 g/mol. The SMILES string of the molecule is CCCn1c(Cc2ccccc2)nnc1SCC(=O)NCc1ccc(OC)cc1. The maximum Gasteiger partial charge on any atom is 0.230 e. The van der Waals surface area contributed by atoms with E-state index in [-0.39, 0.29) is 5.91 Å². The summed E-state index contributed by atoms with van der Waals surface area (Å²) in [5.41, 5.74) is 2.23. The molecular formula is C22H26N4O2S. The van der Waals surface area contributed by atoms with Gasteiger partial charge in [-0.1, -0.05) is 61.2 Å². The number of carbonyl (C=O) groups is 1. The van der Waals surface area contributed by atoms with Crippen LogP contribution in [0.3, 0.4) is 0 Å². The molecule has 1 amide bonds. The van der Waals surface area contributed by atoms with Crippen LogP contribution in [0.1, 0.15) is 30.3 Å². The third kappa shape index (κ3) is 6.09. The average molecular weight is 411 g/mol. The predicted octanol–water partition coefficient (Wildman–Crippen LogP) is 3.70. The summed E-state index contributed by atoms with van der Waals surface area (Å²) in [6.45, 7) is 3.46. The van der Waals surface area contributed by atoms with Crippen molar-refractivity contribution in [1.82, 2.24) is 20.1 Å². The molecule has 1 N–H and O–H groups in total. The lowest BCUT2D eigenvalue weighted by molar-refractivity contribution is -0.118. The highest BCUT2D eigenvalue weighted by Crippen LogP contribution is 2.19. The van der Waals surface area contributed by atoms with E-state index in [1.807, 2.05) is 42.5 Å². The first-order valence-electron chi connectivity index (χ1n) is 9.68. The van der Waals surface area contributed by atoms with E-state index in [0.29, 0.717) is 12.3 Å². The van der Waals surface area contributed by atoms with Gasteiger partial charge in [0.1, 0.15) is 11.6 Å². The summed E-state index contributed by atoms with van der Waals surface area (Å²) in [6.07, 6.45) is 1.72. The fourth-order valence-electron chi connectivity index (χ4n) is 2.91. The van der Waals surface area contributed by atoms with Gasteiger partial charge in [-0.05, 0) is 29.7 Å². The second-order valence-corrected chi connectivity index (χ2v) is 7.57. The summed E-state index contributed by atoms with van der Waals surface area (Å²) in [7, 11) is 1.64. The van der Waals surface area contributed by atoms with Crippen molar-refractivity contribution in [1.29, 1.82) is 0 Å². The zero-order valence-electron chi connectivity index (χ0n) is 16.8. The molecule has 0 aliphatic rings. The predicted molar refractivity (Wildman–Crippen MR) is 115 cm³/mol. The number of amides is 1. The van der Waals surface area contributed by atoms with Crippen molar-refractivity contribution < 1.29 is 9.53 Å². The van der Waals surface area contributed by atoms with Crippen LogP contribution in [0.25, 0.3) is 0 Å². The first-order chi connectivity index (χ1) is 14.2. The lowest BCUT2D eigenvalue weighted by Gasteiger charge is -2.09. The van der Waals surface area contributed by atoms with Crippen molar-refractivity contribution >= 4 is 17.7 Å². The molecule has 0 spiro atoms. The van der Waals surface area contributed by atoms with Crippen molar-refractivity contribution in [2.75, 3.05) is 12.9 Å². The van der Waals surface area contributed by atoms with E-state index in [4.69, 9.17) is 4.74 Å². The molecule has 0 aliphatic carbocycles. The van der Waals surface area contributed by atoms with Gasteiger partial charge in [-0.25, -0.2) is 0 Å². The van der Waals surface area contributed by atoms with Gasteiger partial charge in [-0.3, -0.25) is 4.79 Å². The van der Waals surface area contributed by atoms with Crippen LogP contribution >= 0.6 is 11.8 Å². The minimum absolute atomic E-state index is 0.0264. The van der Waals surface area contributed by atoms with E-state index in [0.717, 1.165) is 41.7 Å². The van der Waals surface area contributed by atoms with E-state index in [1.165, 1.54) is 17.3 Å². The number of nitrogens with one attached hydrogen (secondary N) is 1. The summed E-state index contributed by atoms with van der Waals surface area (Å²) in [6, 6.07) is 17.9. The Morgan fingerprint density at radius 3 is 2.52 bits per heavy atom. The molecule has 0 atom stereocenters. The Morgan fingerprint density at radius 1 is 1.07 bits per heavy atom. The van der Waals surface area contributed by atoms with Gasteiger partial charge in [-0.2, -0.15) is 0 Å². The Morgan fingerprint density at radius 2 is 1.83 bits per heavy atom. The van der Waals surface area contributed by atoms with E-state index in [1.54, 1.807) is 7.11 Å². The van der Waals surface area contributed by atoms with Gasteiger partial charge in [-0.15, -0.1) is 10.2 Å². The molecule has 1 heterocycles. The first-order valence-corrected chi connectivity index (χ1v) is 10.7. The number of rotatable bonds is 10. The Hall–Kier alpha value is -2.80. The summed E-state index contributed by atoms with van der Waals surface area (Å²) in [5, 5.41) is 12.4. The van der Waals surface area contributed by atoms with Crippen LogP contribution in [0.5, 0.6) is 5.75 Å². The third-order valence-electron chi connectivity index (χ3n) is 4.43. The molecule has 6 nitrogen and oxygen atoms in total. The number of benzene rings is 2. The maximum atomic E-state index is 12.3. The minimum Gasteiger partial charge on any atom is -0.497 e. The summed E-state index contributed by atoms with van der Waals surface area (Å²) < 4.78 is 7.27. The smallest absolute Gasteiger partial charge is 0.230 e. The molecule has 0 unspecified atom stereocenters. The number of methoxy groups -OCH3 is 1. The standard InChI is InChI=1S/C22H26N4O2S/c1-3-13-26-20(14-17-7-5-4-6-8-17)24-25-22(26)29-16-21(27)23-15-18-9-11-19(28-2)12-10-18/h4-12H,3,13-16H2,1-2H3,(H,23,27). The lowest BCUT2D eigenvalue weighted by atomic mass is 10.1. The molecule has 7 heteroatoms. The lowest BCUT2D eigenvalue weighted by Crippen LogP contribution is -2.24. The largest absolute Gasteiger partial charge is 0.497 e. The molecule has 0 bridgehead atoms. The fourth-order valence-corrected chi connectivity index (χ4v) is 3.72. The fraction of sp³-hybridized carbons (Fsp3) is 0.318. The van der Waals surface area contributed by atoms with Gasteiger partial charge < -0.3 is 14.6 Å². The first kappa shape index (κ1) is 20.9. The normalized spacial score (nSPS) is 10.7. The van der Waals surface area contributed by atoms with E-state index >= 15 is 0 Å². The molecule has 3 aromatic rings. The number of hydrogen-bond acceptors (Lipinski definition) is 5. The highest BCUT2D eigenvalue weighted by atomic mass is 32.2. The van der Waals surface area contributed by atoms with Crippen LogP contribution in [0.15, 0.2) is 59.8 Å². The second kappa shape index (κ2) is 10.7. The zero-order valence-corrected chi connectivity index (χ0v) is 17.6. The Bertz CT molecular complexity index is 910. The number of ether oxygens (including phenoxy) is 1. The molecular weight excluding hydrogens is 384 g/mol. The van der Waals surface area contributed by atoms with Crippen LogP contribution < -0.4 is 10.1 Å². The molecule has 0 fully saturated rings. The molecule has 1 aromatic heterocycles. The molecule has 0 saturated heterocycles. The third-order valence-corrected chi connectivity index (χ3v) is 5.39.